The van der Waals surface area contributed by atoms with Gasteiger partial charge in [-0.3, -0.25) is 28.8 Å². The quantitative estimate of drug-likeness (QED) is 0.0633. The molecule has 0 aromatic rings. The first-order valence-corrected chi connectivity index (χ1v) is 12.6. The molecule has 0 bridgehead atoms. The molecular weight excluding hydrogens is 536 g/mol. The topological polar surface area (TPSA) is 301 Å². The number of carbonyl (C=O) groups excluding carboxylic acids is 4. The molecule has 0 aliphatic carbocycles. The van der Waals surface area contributed by atoms with Crippen molar-refractivity contribution in [3.8, 4) is 0 Å². The number of aliphatic hydroxyl groups is 1. The van der Waals surface area contributed by atoms with Gasteiger partial charge < -0.3 is 53.2 Å². The Morgan fingerprint density at radius 3 is 1.50 bits per heavy atom. The van der Waals surface area contributed by atoms with Crippen LogP contribution in [0.5, 0.6) is 0 Å². The molecule has 0 heterocycles. The Morgan fingerprint density at radius 2 is 1.10 bits per heavy atom. The first kappa shape index (κ1) is 36.2. The zero-order valence-corrected chi connectivity index (χ0v) is 22.4. The van der Waals surface area contributed by atoms with Crippen LogP contribution >= 0.6 is 0 Å². The Kier molecular flexibility index (Phi) is 16.7. The van der Waals surface area contributed by atoms with Crippen LogP contribution < -0.4 is 32.7 Å². The summed E-state index contributed by atoms with van der Waals surface area (Å²) in [5.41, 5.74) is 10.9. The van der Waals surface area contributed by atoms with Gasteiger partial charge in [0.05, 0.1) is 6.10 Å². The first-order valence-electron chi connectivity index (χ1n) is 12.6. The molecule has 6 atom stereocenters. The molecule has 0 rings (SSSR count). The van der Waals surface area contributed by atoms with Crippen molar-refractivity contribution in [3.05, 3.63) is 0 Å². The predicted octanol–water partition coefficient (Wildman–Crippen LogP) is -3.40. The molecule has 12 N–H and O–H groups in total. The molecule has 0 aromatic heterocycles. The van der Waals surface area contributed by atoms with Gasteiger partial charge in [0.15, 0.2) is 0 Å². The van der Waals surface area contributed by atoms with Crippen molar-refractivity contribution >= 4 is 41.5 Å². The molecule has 40 heavy (non-hydrogen) atoms. The molecule has 228 valence electrons. The SMILES string of the molecule is C[C@H](NC(=O)[C@@H](N)[C@@H](C)O)C(=O)N[C@@H](CCC(=O)O)C(=O)N[C@@H](CCC(=O)O)C(=O)N[C@@H](CCCCN)C(=O)O. The Hall–Kier alpha value is -3.83. The molecule has 0 unspecified atom stereocenters. The molecule has 0 saturated heterocycles. The summed E-state index contributed by atoms with van der Waals surface area (Å²) in [4.78, 5) is 84.2. The van der Waals surface area contributed by atoms with E-state index in [1.165, 1.54) is 13.8 Å². The zero-order chi connectivity index (χ0) is 31.0. The van der Waals surface area contributed by atoms with E-state index in [-0.39, 0.29) is 6.42 Å². The summed E-state index contributed by atoms with van der Waals surface area (Å²) in [5, 5.41) is 45.9. The maximum atomic E-state index is 13.0. The normalized spacial score (nSPS) is 15.3. The minimum atomic E-state index is -1.54. The van der Waals surface area contributed by atoms with E-state index in [9.17, 15) is 43.8 Å². The number of aliphatic carboxylic acids is 3. The van der Waals surface area contributed by atoms with Gasteiger partial charge in [-0.15, -0.1) is 0 Å². The summed E-state index contributed by atoms with van der Waals surface area (Å²) < 4.78 is 0. The molecule has 0 radical (unpaired) electrons. The van der Waals surface area contributed by atoms with E-state index in [0.29, 0.717) is 19.4 Å². The summed E-state index contributed by atoms with van der Waals surface area (Å²) in [6.45, 7) is 2.81. The maximum absolute atomic E-state index is 13.0. The zero-order valence-electron chi connectivity index (χ0n) is 22.4. The van der Waals surface area contributed by atoms with Gasteiger partial charge in [0.1, 0.15) is 30.2 Å². The van der Waals surface area contributed by atoms with Crippen LogP contribution in [0.1, 0.15) is 58.8 Å². The fourth-order valence-corrected chi connectivity index (χ4v) is 3.26. The molecule has 17 heteroatoms. The summed E-state index contributed by atoms with van der Waals surface area (Å²) in [6, 6.07) is -7.03. The molecule has 0 aromatic carbocycles. The number of unbranched alkanes of at least 4 members (excludes halogenated alkanes) is 1. The van der Waals surface area contributed by atoms with Crippen molar-refractivity contribution < 1.29 is 54.0 Å². The second kappa shape index (κ2) is 18.5. The number of carboxylic acid groups (broad SMARTS) is 3. The highest BCUT2D eigenvalue weighted by atomic mass is 16.4. The Morgan fingerprint density at radius 1 is 0.650 bits per heavy atom. The highest BCUT2D eigenvalue weighted by Gasteiger charge is 2.31. The van der Waals surface area contributed by atoms with Gasteiger partial charge in [-0.25, -0.2) is 4.79 Å². The predicted molar refractivity (Wildman–Crippen MR) is 137 cm³/mol. The minimum Gasteiger partial charge on any atom is -0.481 e. The molecule has 0 fully saturated rings. The number of hydrogen-bond acceptors (Lipinski definition) is 10. The second-order valence-electron chi connectivity index (χ2n) is 9.17. The van der Waals surface area contributed by atoms with Crippen molar-refractivity contribution in [1.29, 1.82) is 0 Å². The van der Waals surface area contributed by atoms with E-state index in [4.69, 9.17) is 21.7 Å². The molecule has 0 saturated carbocycles. The Bertz CT molecular complexity index is 914. The van der Waals surface area contributed by atoms with Crippen LogP contribution in [0.2, 0.25) is 0 Å². The summed E-state index contributed by atoms with van der Waals surface area (Å²) in [7, 11) is 0. The van der Waals surface area contributed by atoms with E-state index >= 15 is 0 Å². The largest absolute Gasteiger partial charge is 0.481 e. The van der Waals surface area contributed by atoms with Crippen molar-refractivity contribution in [2.45, 2.75) is 95.1 Å². The third-order valence-electron chi connectivity index (χ3n) is 5.70. The monoisotopic (exact) mass is 576 g/mol. The van der Waals surface area contributed by atoms with Crippen LogP contribution in [0.15, 0.2) is 0 Å². The number of carboxylic acids is 3. The van der Waals surface area contributed by atoms with E-state index < -0.39 is 104 Å². The van der Waals surface area contributed by atoms with E-state index in [2.05, 4.69) is 21.3 Å². The van der Waals surface area contributed by atoms with Gasteiger partial charge in [0.25, 0.3) is 0 Å². The number of nitrogens with one attached hydrogen (secondary N) is 4. The molecule has 0 spiro atoms. The molecule has 0 aliphatic heterocycles. The third kappa shape index (κ3) is 14.4. The van der Waals surface area contributed by atoms with Crippen molar-refractivity contribution in [1.82, 2.24) is 21.3 Å². The van der Waals surface area contributed by atoms with E-state index in [1.54, 1.807) is 0 Å². The number of rotatable bonds is 20. The molecule has 4 amide bonds. The number of carbonyl (C=O) groups is 7. The number of aliphatic hydroxyl groups excluding tert-OH is 1. The third-order valence-corrected chi connectivity index (χ3v) is 5.70. The van der Waals surface area contributed by atoms with Gasteiger partial charge in [0.2, 0.25) is 23.6 Å². The van der Waals surface area contributed by atoms with Crippen LogP contribution in [-0.2, 0) is 33.6 Å². The van der Waals surface area contributed by atoms with Gasteiger partial charge >= 0.3 is 17.9 Å². The lowest BCUT2D eigenvalue weighted by molar-refractivity contribution is -0.143. The van der Waals surface area contributed by atoms with E-state index in [1.807, 2.05) is 0 Å². The summed E-state index contributed by atoms with van der Waals surface area (Å²) in [5.74, 6) is -7.80. The number of nitrogens with two attached hydrogens (primary N) is 2. The standard InChI is InChI=1S/C23H40N6O11/c1-11(26-22(38)18(25)12(2)30)19(35)27-13(6-8-16(31)32)20(36)28-14(7-9-17(33)34)21(37)29-15(23(39)40)5-3-4-10-24/h11-15,18,30H,3-10,24-25H2,1-2H3,(H,26,38)(H,27,35)(H,28,36)(H,29,37)(H,31,32)(H,33,34)(H,39,40)/t11-,12+,13-,14-,15-,18-/m0/s1. The van der Waals surface area contributed by atoms with Crippen molar-refractivity contribution in [3.63, 3.8) is 0 Å². The fourth-order valence-electron chi connectivity index (χ4n) is 3.26. The fraction of sp³-hybridized carbons (Fsp3) is 0.696. The van der Waals surface area contributed by atoms with Crippen molar-refractivity contribution in [2.24, 2.45) is 11.5 Å². The summed E-state index contributed by atoms with van der Waals surface area (Å²) >= 11 is 0. The van der Waals surface area contributed by atoms with Gasteiger partial charge in [-0.05, 0) is 52.5 Å². The second-order valence-corrected chi connectivity index (χ2v) is 9.17. The highest BCUT2D eigenvalue weighted by molar-refractivity contribution is 5.95. The van der Waals surface area contributed by atoms with Crippen LogP contribution in [-0.4, -0.2) is 105 Å². The molecule has 17 nitrogen and oxygen atoms in total. The van der Waals surface area contributed by atoms with E-state index in [0.717, 1.165) is 0 Å². The van der Waals surface area contributed by atoms with Crippen molar-refractivity contribution in [2.75, 3.05) is 6.54 Å². The molecular formula is C23H40N6O11. The number of amides is 4. The average Bonchev–Trinajstić information content (AvgIpc) is 2.86. The van der Waals surface area contributed by atoms with Crippen LogP contribution in [0.25, 0.3) is 0 Å². The first-order chi connectivity index (χ1) is 18.6. The van der Waals surface area contributed by atoms with Crippen LogP contribution in [0.4, 0.5) is 0 Å². The summed E-state index contributed by atoms with van der Waals surface area (Å²) in [6.07, 6.45) is -2.37. The average molecular weight is 577 g/mol. The maximum Gasteiger partial charge on any atom is 0.326 e. The number of hydrogen-bond donors (Lipinski definition) is 10. The van der Waals surface area contributed by atoms with Crippen LogP contribution in [0.3, 0.4) is 0 Å². The van der Waals surface area contributed by atoms with Gasteiger partial charge in [0, 0.05) is 12.8 Å². The highest BCUT2D eigenvalue weighted by Crippen LogP contribution is 2.07. The Balaban J connectivity index is 5.69. The lowest BCUT2D eigenvalue weighted by atomic mass is 10.1. The van der Waals surface area contributed by atoms with Crippen LogP contribution in [0, 0.1) is 0 Å². The van der Waals surface area contributed by atoms with Gasteiger partial charge in [-0.2, -0.15) is 0 Å². The lowest BCUT2D eigenvalue weighted by Gasteiger charge is -2.25. The Labute approximate surface area is 230 Å². The lowest BCUT2D eigenvalue weighted by Crippen LogP contribution is -2.58. The minimum absolute atomic E-state index is 0.0253. The molecule has 0 aliphatic rings. The smallest absolute Gasteiger partial charge is 0.326 e. The van der Waals surface area contributed by atoms with Gasteiger partial charge in [-0.1, -0.05) is 0 Å².